The van der Waals surface area contributed by atoms with Gasteiger partial charge in [0.1, 0.15) is 11.3 Å². The topological polar surface area (TPSA) is 59.8 Å². The number of halogens is 1. The normalized spacial score (nSPS) is 20.0. The molecule has 5 nitrogen and oxygen atoms in total. The van der Waals surface area contributed by atoms with Gasteiger partial charge in [-0.3, -0.25) is 9.59 Å². The van der Waals surface area contributed by atoms with Crippen LogP contribution in [0.15, 0.2) is 37.9 Å². The van der Waals surface area contributed by atoms with Crippen LogP contribution in [-0.4, -0.2) is 29.7 Å². The lowest BCUT2D eigenvalue weighted by molar-refractivity contribution is -0.0925. The maximum absolute atomic E-state index is 13.0. The van der Waals surface area contributed by atoms with Crippen molar-refractivity contribution in [2.45, 2.75) is 37.8 Å². The minimum Gasteiger partial charge on any atom is -0.451 e. The van der Waals surface area contributed by atoms with E-state index < -0.39 is 5.72 Å². The Morgan fingerprint density at radius 1 is 1.17 bits per heavy atom. The van der Waals surface area contributed by atoms with Crippen LogP contribution < -0.4 is 5.43 Å². The summed E-state index contributed by atoms with van der Waals surface area (Å²) in [6, 6.07) is 6.50. The van der Waals surface area contributed by atoms with E-state index in [9.17, 15) is 9.59 Å². The number of benzene rings is 1. The lowest BCUT2D eigenvalue weighted by atomic mass is 9.90. The van der Waals surface area contributed by atoms with Crippen LogP contribution in [0.2, 0.25) is 0 Å². The van der Waals surface area contributed by atoms with E-state index in [1.165, 1.54) is 12.5 Å². The molecule has 1 aliphatic heterocycles. The molecule has 2 heterocycles. The number of rotatable bonds is 1. The van der Waals surface area contributed by atoms with Crippen LogP contribution in [0.25, 0.3) is 11.0 Å². The standard InChI is InChI=1S/C18H18BrNO4/c19-12-4-5-15-13(10-12)14(21)11-16(24-15)17(22)20-8-9-23-18(20)6-2-1-3-7-18/h4-5,10-11H,1-3,6-9H2. The molecule has 126 valence electrons. The van der Waals surface area contributed by atoms with Crippen molar-refractivity contribution in [3.63, 3.8) is 0 Å². The van der Waals surface area contributed by atoms with Crippen LogP contribution in [0.4, 0.5) is 0 Å². The predicted octanol–water partition coefficient (Wildman–Crippen LogP) is 3.69. The highest BCUT2D eigenvalue weighted by Gasteiger charge is 2.46. The van der Waals surface area contributed by atoms with Gasteiger partial charge >= 0.3 is 0 Å². The summed E-state index contributed by atoms with van der Waals surface area (Å²) in [6.45, 7) is 1.08. The second-order valence-corrected chi connectivity index (χ2v) is 7.34. The van der Waals surface area contributed by atoms with Crippen LogP contribution in [0.3, 0.4) is 0 Å². The van der Waals surface area contributed by atoms with Gasteiger partial charge in [-0.15, -0.1) is 0 Å². The van der Waals surface area contributed by atoms with Crippen LogP contribution in [0, 0.1) is 0 Å². The lowest BCUT2D eigenvalue weighted by Crippen LogP contribution is -2.49. The molecule has 0 atom stereocenters. The second kappa shape index (κ2) is 6.01. The Balaban J connectivity index is 1.73. The van der Waals surface area contributed by atoms with Crippen LogP contribution in [0.1, 0.15) is 42.7 Å². The van der Waals surface area contributed by atoms with Crippen molar-refractivity contribution in [1.82, 2.24) is 4.90 Å². The Morgan fingerprint density at radius 2 is 1.96 bits per heavy atom. The summed E-state index contributed by atoms with van der Waals surface area (Å²) in [5, 5.41) is 0.464. The fourth-order valence-corrected chi connectivity index (χ4v) is 4.14. The van der Waals surface area contributed by atoms with Gasteiger partial charge in [-0.05, 0) is 43.9 Å². The van der Waals surface area contributed by atoms with E-state index in [-0.39, 0.29) is 17.1 Å². The molecule has 1 saturated heterocycles. The molecular formula is C18H18BrNO4. The third-order valence-corrected chi connectivity index (χ3v) is 5.45. The zero-order chi connectivity index (χ0) is 16.7. The molecule has 1 saturated carbocycles. The summed E-state index contributed by atoms with van der Waals surface area (Å²) in [4.78, 5) is 27.1. The number of ether oxygens (including phenoxy) is 1. The number of fused-ring (bicyclic) bond motifs is 1. The van der Waals surface area contributed by atoms with E-state index in [1.807, 2.05) is 0 Å². The van der Waals surface area contributed by atoms with E-state index >= 15 is 0 Å². The maximum atomic E-state index is 13.0. The van der Waals surface area contributed by atoms with Gasteiger partial charge in [-0.2, -0.15) is 0 Å². The van der Waals surface area contributed by atoms with Gasteiger partial charge in [0.15, 0.2) is 11.2 Å². The summed E-state index contributed by atoms with van der Waals surface area (Å²) < 4.78 is 12.5. The van der Waals surface area contributed by atoms with Crippen LogP contribution >= 0.6 is 15.9 Å². The van der Waals surface area contributed by atoms with Crippen molar-refractivity contribution in [2.24, 2.45) is 0 Å². The molecule has 0 N–H and O–H groups in total. The first-order chi connectivity index (χ1) is 11.6. The largest absolute Gasteiger partial charge is 0.451 e. The van der Waals surface area contributed by atoms with Crippen molar-refractivity contribution >= 4 is 32.8 Å². The Kier molecular flexibility index (Phi) is 3.96. The molecule has 0 unspecified atom stereocenters. The summed E-state index contributed by atoms with van der Waals surface area (Å²) in [5.74, 6) is -0.165. The zero-order valence-corrected chi connectivity index (χ0v) is 14.8. The highest BCUT2D eigenvalue weighted by atomic mass is 79.9. The summed E-state index contributed by atoms with van der Waals surface area (Å²) in [7, 11) is 0. The fraction of sp³-hybridized carbons (Fsp3) is 0.444. The number of hydrogen-bond donors (Lipinski definition) is 0. The molecule has 2 fully saturated rings. The predicted molar refractivity (Wildman–Crippen MR) is 93.0 cm³/mol. The zero-order valence-electron chi connectivity index (χ0n) is 13.2. The van der Waals surface area contributed by atoms with Crippen LogP contribution in [-0.2, 0) is 4.74 Å². The Hall–Kier alpha value is -1.66. The molecular weight excluding hydrogens is 374 g/mol. The van der Waals surface area contributed by atoms with Crippen molar-refractivity contribution in [2.75, 3.05) is 13.2 Å². The van der Waals surface area contributed by atoms with Gasteiger partial charge in [-0.1, -0.05) is 22.4 Å². The third kappa shape index (κ3) is 2.58. The second-order valence-electron chi connectivity index (χ2n) is 6.43. The van der Waals surface area contributed by atoms with Gasteiger partial charge in [0.05, 0.1) is 12.0 Å². The van der Waals surface area contributed by atoms with Gasteiger partial charge in [0.25, 0.3) is 5.91 Å². The number of carbonyl (C=O) groups excluding carboxylic acids is 1. The first-order valence-electron chi connectivity index (χ1n) is 8.28. The Morgan fingerprint density at radius 3 is 2.75 bits per heavy atom. The Labute approximate surface area is 147 Å². The number of amides is 1. The smallest absolute Gasteiger partial charge is 0.292 e. The quantitative estimate of drug-likeness (QED) is 0.743. The average molecular weight is 392 g/mol. The molecule has 2 aliphatic rings. The fourth-order valence-electron chi connectivity index (χ4n) is 3.78. The average Bonchev–Trinajstić information content (AvgIpc) is 2.98. The first kappa shape index (κ1) is 15.8. The van der Waals surface area contributed by atoms with Crippen LogP contribution in [0.5, 0.6) is 0 Å². The maximum Gasteiger partial charge on any atom is 0.292 e. The lowest BCUT2D eigenvalue weighted by Gasteiger charge is -2.39. The van der Waals surface area contributed by atoms with E-state index in [0.717, 1.165) is 30.2 Å². The van der Waals surface area contributed by atoms with Crippen molar-refractivity contribution in [3.8, 4) is 0 Å². The van der Waals surface area contributed by atoms with E-state index in [1.54, 1.807) is 23.1 Å². The summed E-state index contributed by atoms with van der Waals surface area (Å²) in [5.41, 5.74) is -0.298. The summed E-state index contributed by atoms with van der Waals surface area (Å²) >= 11 is 3.34. The number of nitrogens with zero attached hydrogens (tertiary/aromatic N) is 1. The molecule has 1 amide bonds. The highest BCUT2D eigenvalue weighted by Crippen LogP contribution is 2.38. The van der Waals surface area contributed by atoms with Gasteiger partial charge in [0, 0.05) is 17.1 Å². The van der Waals surface area contributed by atoms with Gasteiger partial charge < -0.3 is 14.1 Å². The third-order valence-electron chi connectivity index (χ3n) is 4.96. The molecule has 1 spiro atoms. The first-order valence-corrected chi connectivity index (χ1v) is 9.08. The molecule has 4 rings (SSSR count). The Bertz CT molecular complexity index is 854. The summed E-state index contributed by atoms with van der Waals surface area (Å²) in [6.07, 6.45) is 4.99. The molecule has 2 aromatic rings. The van der Waals surface area contributed by atoms with Crippen molar-refractivity contribution in [1.29, 1.82) is 0 Å². The molecule has 6 heteroatoms. The molecule has 1 aromatic heterocycles. The van der Waals surface area contributed by atoms with Crippen molar-refractivity contribution in [3.05, 3.63) is 44.7 Å². The minimum absolute atomic E-state index is 0.0882. The molecule has 0 bridgehead atoms. The molecule has 1 aliphatic carbocycles. The van der Waals surface area contributed by atoms with E-state index in [4.69, 9.17) is 9.15 Å². The van der Waals surface area contributed by atoms with Gasteiger partial charge in [0.2, 0.25) is 0 Å². The number of hydrogen-bond acceptors (Lipinski definition) is 4. The van der Waals surface area contributed by atoms with E-state index in [0.29, 0.717) is 24.1 Å². The molecule has 24 heavy (non-hydrogen) atoms. The highest BCUT2D eigenvalue weighted by molar-refractivity contribution is 9.10. The molecule has 0 radical (unpaired) electrons. The SMILES string of the molecule is O=C(c1cc(=O)c2cc(Br)ccc2o1)N1CCOC12CCCCC2. The minimum atomic E-state index is -0.511. The molecule has 1 aromatic carbocycles. The monoisotopic (exact) mass is 391 g/mol. The van der Waals surface area contributed by atoms with Crippen molar-refractivity contribution < 1.29 is 13.9 Å². The van der Waals surface area contributed by atoms with Gasteiger partial charge in [-0.25, -0.2) is 0 Å². The number of carbonyl (C=O) groups is 1. The van der Waals surface area contributed by atoms with E-state index in [2.05, 4.69) is 15.9 Å².